The van der Waals surface area contributed by atoms with E-state index in [4.69, 9.17) is 14.2 Å². The molecule has 0 saturated carbocycles. The van der Waals surface area contributed by atoms with Crippen LogP contribution in [0.25, 0.3) is 0 Å². The number of ether oxygens (including phenoxy) is 3. The molecular weight excluding hydrogens is 298 g/mol. The molecule has 1 aliphatic heterocycles. The molecule has 0 bridgehead atoms. The highest BCUT2D eigenvalue weighted by Gasteiger charge is 2.47. The fourth-order valence-corrected chi connectivity index (χ4v) is 3.07. The second-order valence-corrected chi connectivity index (χ2v) is 5.98. The van der Waals surface area contributed by atoms with Crippen LogP contribution in [0.4, 0.5) is 0 Å². The van der Waals surface area contributed by atoms with Crippen LogP contribution in [-0.4, -0.2) is 53.9 Å². The third kappa shape index (κ3) is 5.55. The van der Waals surface area contributed by atoms with Crippen molar-refractivity contribution in [2.45, 2.75) is 51.4 Å². The molecule has 1 N–H and O–H groups in total. The Morgan fingerprint density at radius 2 is 1.86 bits per heavy atom. The van der Waals surface area contributed by atoms with Gasteiger partial charge in [-0.3, -0.25) is 14.4 Å². The Morgan fingerprint density at radius 3 is 2.33 bits per heavy atom. The van der Waals surface area contributed by atoms with Gasteiger partial charge in [0.25, 0.3) is 0 Å². The SMILES string of the molecule is CCSC1OC(COC(C)=O)C(OC(C)=O)C1NC(C)=O. The number of carbonyl (C=O) groups excluding carboxylic acids is 3. The van der Waals surface area contributed by atoms with E-state index in [-0.39, 0.29) is 18.0 Å². The molecule has 1 fully saturated rings. The number of esters is 2. The third-order valence-electron chi connectivity index (χ3n) is 2.78. The largest absolute Gasteiger partial charge is 0.463 e. The third-order valence-corrected chi connectivity index (χ3v) is 3.84. The van der Waals surface area contributed by atoms with Gasteiger partial charge in [-0.05, 0) is 5.75 Å². The standard InChI is InChI=1S/C13H21NO6S/c1-5-21-13-11(14-7(2)15)12(19-9(4)17)10(20-13)6-18-8(3)16/h10-13H,5-6H2,1-4H3,(H,14,15). The van der Waals surface area contributed by atoms with Gasteiger partial charge in [-0.1, -0.05) is 6.92 Å². The van der Waals surface area contributed by atoms with Crippen molar-refractivity contribution in [3.8, 4) is 0 Å². The zero-order valence-corrected chi connectivity index (χ0v) is 13.4. The minimum atomic E-state index is -0.685. The fraction of sp³-hybridized carbons (Fsp3) is 0.769. The van der Waals surface area contributed by atoms with Gasteiger partial charge in [0, 0.05) is 20.8 Å². The first-order chi connectivity index (χ1) is 9.85. The number of thioether (sulfide) groups is 1. The maximum atomic E-state index is 11.4. The van der Waals surface area contributed by atoms with Crippen LogP contribution in [0.2, 0.25) is 0 Å². The summed E-state index contributed by atoms with van der Waals surface area (Å²) in [5.74, 6) is -0.388. The molecule has 1 aliphatic rings. The van der Waals surface area contributed by atoms with E-state index in [1.54, 1.807) is 0 Å². The quantitative estimate of drug-likeness (QED) is 0.711. The molecule has 7 nitrogen and oxygen atoms in total. The maximum absolute atomic E-state index is 11.4. The van der Waals surface area contributed by atoms with E-state index in [0.29, 0.717) is 0 Å². The van der Waals surface area contributed by atoms with Crippen molar-refractivity contribution in [1.82, 2.24) is 5.32 Å². The second-order valence-electron chi connectivity index (χ2n) is 4.60. The Balaban J connectivity index is 2.87. The van der Waals surface area contributed by atoms with E-state index in [1.165, 1.54) is 32.5 Å². The lowest BCUT2D eigenvalue weighted by atomic mass is 10.1. The first kappa shape index (κ1) is 17.8. The van der Waals surface area contributed by atoms with Crippen LogP contribution in [0.15, 0.2) is 0 Å². The van der Waals surface area contributed by atoms with Gasteiger partial charge in [0.05, 0.1) is 0 Å². The summed E-state index contributed by atoms with van der Waals surface area (Å²) in [6.45, 7) is 5.90. The van der Waals surface area contributed by atoms with Crippen molar-refractivity contribution in [3.05, 3.63) is 0 Å². The van der Waals surface area contributed by atoms with E-state index in [0.717, 1.165) is 5.75 Å². The summed E-state index contributed by atoms with van der Waals surface area (Å²) in [6.07, 6.45) is -1.28. The van der Waals surface area contributed by atoms with Gasteiger partial charge >= 0.3 is 11.9 Å². The first-order valence-corrected chi connectivity index (χ1v) is 7.74. The molecule has 1 heterocycles. The summed E-state index contributed by atoms with van der Waals surface area (Å²) in [6, 6.07) is -0.475. The van der Waals surface area contributed by atoms with Crippen molar-refractivity contribution < 1.29 is 28.6 Å². The molecule has 4 unspecified atom stereocenters. The molecule has 1 amide bonds. The summed E-state index contributed by atoms with van der Waals surface area (Å²) in [7, 11) is 0. The van der Waals surface area contributed by atoms with Crippen LogP contribution in [0, 0.1) is 0 Å². The molecule has 0 spiro atoms. The summed E-state index contributed by atoms with van der Waals surface area (Å²) >= 11 is 1.49. The van der Waals surface area contributed by atoms with Crippen LogP contribution in [0.5, 0.6) is 0 Å². The molecule has 120 valence electrons. The predicted molar refractivity (Wildman–Crippen MR) is 76.6 cm³/mol. The van der Waals surface area contributed by atoms with E-state index in [2.05, 4.69) is 5.32 Å². The zero-order chi connectivity index (χ0) is 16.0. The van der Waals surface area contributed by atoms with E-state index in [9.17, 15) is 14.4 Å². The number of amides is 1. The van der Waals surface area contributed by atoms with Crippen molar-refractivity contribution in [1.29, 1.82) is 0 Å². The van der Waals surface area contributed by atoms with Crippen LogP contribution in [0.3, 0.4) is 0 Å². The molecule has 1 rings (SSSR count). The number of rotatable bonds is 6. The van der Waals surface area contributed by atoms with Crippen molar-refractivity contribution >= 4 is 29.6 Å². The molecule has 1 saturated heterocycles. The van der Waals surface area contributed by atoms with Crippen LogP contribution < -0.4 is 5.32 Å². The monoisotopic (exact) mass is 319 g/mol. The summed E-state index contributed by atoms with van der Waals surface area (Å²) < 4.78 is 16.0. The Morgan fingerprint density at radius 1 is 1.19 bits per heavy atom. The number of hydrogen-bond acceptors (Lipinski definition) is 7. The van der Waals surface area contributed by atoms with Gasteiger partial charge in [0.1, 0.15) is 24.2 Å². The zero-order valence-electron chi connectivity index (χ0n) is 12.6. The molecule has 0 radical (unpaired) electrons. The maximum Gasteiger partial charge on any atom is 0.303 e. The van der Waals surface area contributed by atoms with Crippen LogP contribution in [-0.2, 0) is 28.6 Å². The Kier molecular flexibility index (Phi) is 6.97. The Hall–Kier alpha value is -1.28. The van der Waals surface area contributed by atoms with Gasteiger partial charge in [-0.2, -0.15) is 0 Å². The lowest BCUT2D eigenvalue weighted by Crippen LogP contribution is -2.48. The highest BCUT2D eigenvalue weighted by atomic mass is 32.2. The number of nitrogens with one attached hydrogen (secondary N) is 1. The van der Waals surface area contributed by atoms with E-state index in [1.807, 2.05) is 6.92 Å². The molecule has 0 aromatic carbocycles. The average Bonchev–Trinajstić information content (AvgIpc) is 2.65. The van der Waals surface area contributed by atoms with Crippen molar-refractivity contribution in [3.63, 3.8) is 0 Å². The number of hydrogen-bond donors (Lipinski definition) is 1. The van der Waals surface area contributed by atoms with Gasteiger partial charge in [0.2, 0.25) is 5.91 Å². The summed E-state index contributed by atoms with van der Waals surface area (Å²) in [5.41, 5.74) is -0.358. The Labute approximate surface area is 128 Å². The lowest BCUT2D eigenvalue weighted by molar-refractivity contribution is -0.155. The van der Waals surface area contributed by atoms with Crippen LogP contribution in [0.1, 0.15) is 27.7 Å². The van der Waals surface area contributed by atoms with Crippen molar-refractivity contribution in [2.24, 2.45) is 0 Å². The lowest BCUT2D eigenvalue weighted by Gasteiger charge is -2.23. The molecule has 21 heavy (non-hydrogen) atoms. The molecule has 0 aliphatic carbocycles. The minimum Gasteiger partial charge on any atom is -0.463 e. The summed E-state index contributed by atoms with van der Waals surface area (Å²) in [4.78, 5) is 33.6. The van der Waals surface area contributed by atoms with Crippen molar-refractivity contribution in [2.75, 3.05) is 12.4 Å². The molecule has 0 aromatic heterocycles. The molecular formula is C13H21NO6S. The first-order valence-electron chi connectivity index (χ1n) is 6.69. The van der Waals surface area contributed by atoms with Gasteiger partial charge in [-0.15, -0.1) is 11.8 Å². The molecule has 4 atom stereocenters. The normalized spacial score (nSPS) is 28.0. The summed E-state index contributed by atoms with van der Waals surface area (Å²) in [5, 5.41) is 2.75. The van der Waals surface area contributed by atoms with Crippen LogP contribution >= 0.6 is 11.8 Å². The van der Waals surface area contributed by atoms with E-state index >= 15 is 0 Å². The predicted octanol–water partition coefficient (Wildman–Crippen LogP) is 0.464. The molecule has 0 aromatic rings. The van der Waals surface area contributed by atoms with E-state index < -0.39 is 30.2 Å². The second kappa shape index (κ2) is 8.23. The van der Waals surface area contributed by atoms with Gasteiger partial charge < -0.3 is 19.5 Å². The fourth-order valence-electron chi connectivity index (χ4n) is 2.09. The highest BCUT2D eigenvalue weighted by molar-refractivity contribution is 7.99. The number of carbonyl (C=O) groups is 3. The van der Waals surface area contributed by atoms with Gasteiger partial charge in [-0.25, -0.2) is 0 Å². The topological polar surface area (TPSA) is 90.9 Å². The average molecular weight is 319 g/mol. The minimum absolute atomic E-state index is 0.0237. The smallest absolute Gasteiger partial charge is 0.303 e. The Bertz CT molecular complexity index is 402. The molecule has 8 heteroatoms. The van der Waals surface area contributed by atoms with Gasteiger partial charge in [0.15, 0.2) is 6.10 Å². The highest BCUT2D eigenvalue weighted by Crippen LogP contribution is 2.31.